The summed E-state index contributed by atoms with van der Waals surface area (Å²) in [5, 5.41) is 6.73. The molecule has 2 heterocycles. The topological polar surface area (TPSA) is 69.6 Å². The van der Waals surface area contributed by atoms with Crippen molar-refractivity contribution >= 4 is 35.8 Å². The summed E-state index contributed by atoms with van der Waals surface area (Å²) in [6.45, 7) is 9.03. The van der Waals surface area contributed by atoms with Gasteiger partial charge in [0.1, 0.15) is 0 Å². The fourth-order valence-electron chi connectivity index (χ4n) is 2.79. The van der Waals surface area contributed by atoms with Gasteiger partial charge in [0.05, 0.1) is 0 Å². The van der Waals surface area contributed by atoms with E-state index < -0.39 is 0 Å². The molecule has 25 heavy (non-hydrogen) atoms. The molecule has 1 saturated heterocycles. The number of aliphatic imine (C=N–C) groups is 1. The number of halogens is 1. The molecule has 0 aliphatic carbocycles. The molecule has 1 aromatic rings. The van der Waals surface area contributed by atoms with Crippen molar-refractivity contribution in [3.63, 3.8) is 0 Å². The highest BCUT2D eigenvalue weighted by Crippen LogP contribution is 2.12. The van der Waals surface area contributed by atoms with Gasteiger partial charge in [-0.15, -0.1) is 24.0 Å². The van der Waals surface area contributed by atoms with Gasteiger partial charge in [-0.3, -0.25) is 14.8 Å². The van der Waals surface area contributed by atoms with Gasteiger partial charge in [-0.05, 0) is 25.5 Å². The Morgan fingerprint density at radius 1 is 1.44 bits per heavy atom. The van der Waals surface area contributed by atoms with Gasteiger partial charge in [0.2, 0.25) is 5.91 Å². The number of aromatic nitrogens is 1. The highest BCUT2D eigenvalue weighted by molar-refractivity contribution is 14.0. The Morgan fingerprint density at radius 2 is 2.24 bits per heavy atom. The molecule has 1 fully saturated rings. The Hall–Kier alpha value is -1.38. The lowest BCUT2D eigenvalue weighted by molar-refractivity contribution is -0.133. The Balaban J connectivity index is 0.00000312. The first kappa shape index (κ1) is 21.7. The lowest BCUT2D eigenvalue weighted by Crippen LogP contribution is -2.45. The molecule has 1 atom stereocenters. The van der Waals surface area contributed by atoms with Crippen LogP contribution in [0.2, 0.25) is 0 Å². The molecule has 7 heteroatoms. The van der Waals surface area contributed by atoms with E-state index in [1.54, 1.807) is 6.20 Å². The first-order chi connectivity index (χ1) is 11.6. The van der Waals surface area contributed by atoms with Gasteiger partial charge < -0.3 is 15.5 Å². The second-order valence-corrected chi connectivity index (χ2v) is 6.40. The van der Waals surface area contributed by atoms with Gasteiger partial charge in [-0.25, -0.2) is 0 Å². The minimum Gasteiger partial charge on any atom is -0.357 e. The molecule has 0 spiro atoms. The zero-order chi connectivity index (χ0) is 17.4. The largest absolute Gasteiger partial charge is 0.357 e. The monoisotopic (exact) mass is 459 g/mol. The minimum atomic E-state index is 0. The van der Waals surface area contributed by atoms with E-state index in [-0.39, 0.29) is 41.8 Å². The number of rotatable bonds is 6. The smallest absolute Gasteiger partial charge is 0.225 e. The number of carbonyl (C=O) groups is 1. The number of pyridine rings is 1. The van der Waals surface area contributed by atoms with Crippen molar-refractivity contribution in [1.29, 1.82) is 0 Å². The number of nitrogens with zero attached hydrogens (tertiary/aromatic N) is 3. The van der Waals surface area contributed by atoms with Crippen molar-refractivity contribution in [1.82, 2.24) is 20.5 Å². The summed E-state index contributed by atoms with van der Waals surface area (Å²) in [4.78, 5) is 23.0. The SMILES string of the molecule is CCNC(=NCCc1ccccn1)NC1CCN(C(=O)C(C)C)C1.I. The summed E-state index contributed by atoms with van der Waals surface area (Å²) in [5.74, 6) is 1.11. The van der Waals surface area contributed by atoms with E-state index in [1.165, 1.54) is 0 Å². The molecule has 1 aliphatic heterocycles. The van der Waals surface area contributed by atoms with Crippen LogP contribution in [-0.4, -0.2) is 54.0 Å². The fourth-order valence-corrected chi connectivity index (χ4v) is 2.79. The Morgan fingerprint density at radius 3 is 2.88 bits per heavy atom. The van der Waals surface area contributed by atoms with Crippen LogP contribution in [0.15, 0.2) is 29.4 Å². The van der Waals surface area contributed by atoms with Crippen LogP contribution < -0.4 is 10.6 Å². The molecule has 0 bridgehead atoms. The standard InChI is InChI=1S/C18H29N5O.HI/c1-4-19-18(21-11-8-15-7-5-6-10-20-15)22-16-9-12-23(13-16)17(24)14(2)3;/h5-7,10,14,16H,4,8-9,11-13H2,1-3H3,(H2,19,21,22);1H. The van der Waals surface area contributed by atoms with E-state index >= 15 is 0 Å². The van der Waals surface area contributed by atoms with Crippen molar-refractivity contribution < 1.29 is 4.79 Å². The summed E-state index contributed by atoms with van der Waals surface area (Å²) in [7, 11) is 0. The molecule has 0 aromatic carbocycles. The van der Waals surface area contributed by atoms with Crippen molar-refractivity contribution in [3.05, 3.63) is 30.1 Å². The normalized spacial score (nSPS) is 17.4. The van der Waals surface area contributed by atoms with Crippen molar-refractivity contribution in [2.45, 2.75) is 39.7 Å². The van der Waals surface area contributed by atoms with Crippen LogP contribution >= 0.6 is 24.0 Å². The third-order valence-corrected chi connectivity index (χ3v) is 4.04. The zero-order valence-corrected chi connectivity index (χ0v) is 17.7. The molecule has 1 aromatic heterocycles. The summed E-state index contributed by atoms with van der Waals surface area (Å²) in [5.41, 5.74) is 1.05. The van der Waals surface area contributed by atoms with Crippen LogP contribution in [0.3, 0.4) is 0 Å². The number of hydrogen-bond acceptors (Lipinski definition) is 3. The van der Waals surface area contributed by atoms with Gasteiger partial charge in [0.25, 0.3) is 0 Å². The summed E-state index contributed by atoms with van der Waals surface area (Å²) in [6.07, 6.45) is 3.59. The number of amides is 1. The van der Waals surface area contributed by atoms with Gasteiger partial charge >= 0.3 is 0 Å². The fraction of sp³-hybridized carbons (Fsp3) is 0.611. The maximum Gasteiger partial charge on any atom is 0.225 e. The van der Waals surface area contributed by atoms with Gasteiger partial charge in [0, 0.05) is 56.5 Å². The molecule has 0 radical (unpaired) electrons. The second kappa shape index (κ2) is 11.3. The third kappa shape index (κ3) is 7.17. The molecule has 6 nitrogen and oxygen atoms in total. The van der Waals surface area contributed by atoms with Crippen LogP contribution in [0.4, 0.5) is 0 Å². The van der Waals surface area contributed by atoms with Crippen LogP contribution in [0.5, 0.6) is 0 Å². The Kier molecular flexibility index (Phi) is 9.77. The highest BCUT2D eigenvalue weighted by Gasteiger charge is 2.27. The highest BCUT2D eigenvalue weighted by atomic mass is 127. The molecular formula is C18H30IN5O. The van der Waals surface area contributed by atoms with Crippen LogP contribution in [0.25, 0.3) is 0 Å². The molecule has 1 aliphatic rings. The van der Waals surface area contributed by atoms with Crippen LogP contribution in [0, 0.1) is 5.92 Å². The van der Waals surface area contributed by atoms with E-state index in [2.05, 4.69) is 27.5 Å². The lowest BCUT2D eigenvalue weighted by Gasteiger charge is -2.20. The van der Waals surface area contributed by atoms with Gasteiger partial charge in [0.15, 0.2) is 5.96 Å². The van der Waals surface area contributed by atoms with E-state index in [9.17, 15) is 4.79 Å². The van der Waals surface area contributed by atoms with Gasteiger partial charge in [-0.2, -0.15) is 0 Å². The molecule has 2 N–H and O–H groups in total. The first-order valence-electron chi connectivity index (χ1n) is 8.83. The zero-order valence-electron chi connectivity index (χ0n) is 15.4. The number of hydrogen-bond donors (Lipinski definition) is 2. The molecule has 1 amide bonds. The molecule has 0 saturated carbocycles. The van der Waals surface area contributed by atoms with Crippen LogP contribution in [0.1, 0.15) is 32.9 Å². The quantitative estimate of drug-likeness (QED) is 0.388. The van der Waals surface area contributed by atoms with E-state index in [0.717, 1.165) is 44.1 Å². The number of guanidine groups is 1. The lowest BCUT2D eigenvalue weighted by atomic mass is 10.2. The predicted molar refractivity (Wildman–Crippen MR) is 112 cm³/mol. The Labute approximate surface area is 167 Å². The second-order valence-electron chi connectivity index (χ2n) is 6.40. The maximum absolute atomic E-state index is 12.1. The van der Waals surface area contributed by atoms with Crippen molar-refractivity contribution in [2.75, 3.05) is 26.2 Å². The third-order valence-electron chi connectivity index (χ3n) is 4.04. The number of nitrogens with one attached hydrogen (secondary N) is 2. The summed E-state index contributed by atoms with van der Waals surface area (Å²) in [6, 6.07) is 6.19. The molecule has 140 valence electrons. The predicted octanol–water partition coefficient (Wildman–Crippen LogP) is 2.05. The van der Waals surface area contributed by atoms with E-state index in [1.807, 2.05) is 36.9 Å². The minimum absolute atomic E-state index is 0. The molecule has 2 rings (SSSR count). The van der Waals surface area contributed by atoms with E-state index in [0.29, 0.717) is 6.54 Å². The maximum atomic E-state index is 12.1. The molecule has 1 unspecified atom stereocenters. The van der Waals surface area contributed by atoms with E-state index in [4.69, 9.17) is 0 Å². The van der Waals surface area contributed by atoms with Crippen molar-refractivity contribution in [2.24, 2.45) is 10.9 Å². The van der Waals surface area contributed by atoms with Crippen molar-refractivity contribution in [3.8, 4) is 0 Å². The first-order valence-corrected chi connectivity index (χ1v) is 8.83. The molecular weight excluding hydrogens is 429 g/mol. The van der Waals surface area contributed by atoms with Gasteiger partial charge in [-0.1, -0.05) is 19.9 Å². The number of carbonyl (C=O) groups excluding carboxylic acids is 1. The Bertz CT molecular complexity index is 550. The summed E-state index contributed by atoms with van der Waals surface area (Å²) < 4.78 is 0. The summed E-state index contributed by atoms with van der Waals surface area (Å²) >= 11 is 0. The average molecular weight is 459 g/mol. The van der Waals surface area contributed by atoms with Crippen LogP contribution in [-0.2, 0) is 11.2 Å². The average Bonchev–Trinajstić information content (AvgIpc) is 3.03. The number of likely N-dealkylation sites (tertiary alicyclic amines) is 1.